The van der Waals surface area contributed by atoms with E-state index in [4.69, 9.17) is 5.14 Å². The van der Waals surface area contributed by atoms with Crippen molar-refractivity contribution in [3.8, 4) is 0 Å². The summed E-state index contributed by atoms with van der Waals surface area (Å²) in [4.78, 5) is 11.9. The molecule has 1 heterocycles. The van der Waals surface area contributed by atoms with Crippen molar-refractivity contribution >= 4 is 21.7 Å². The van der Waals surface area contributed by atoms with Gasteiger partial charge in [0.2, 0.25) is 10.0 Å². The average molecular weight is 373 g/mol. The molecule has 136 valence electrons. The number of hydrogen-bond donors (Lipinski definition) is 3. The van der Waals surface area contributed by atoms with Gasteiger partial charge in [0.1, 0.15) is 5.69 Å². The van der Waals surface area contributed by atoms with Crippen molar-refractivity contribution in [3.05, 3.63) is 47.3 Å². The lowest BCUT2D eigenvalue weighted by atomic mass is 10.1. The minimum Gasteiger partial charge on any atom is -0.334 e. The van der Waals surface area contributed by atoms with Gasteiger partial charge < -0.3 is 10.6 Å². The zero-order valence-electron chi connectivity index (χ0n) is 13.2. The molecule has 0 saturated carbocycles. The zero-order valence-corrected chi connectivity index (χ0v) is 14.1. The fourth-order valence-electron chi connectivity index (χ4n) is 2.21. The van der Waals surface area contributed by atoms with Gasteiger partial charge in [-0.25, -0.2) is 27.1 Å². The first-order valence-corrected chi connectivity index (χ1v) is 8.80. The number of nitrogens with two attached hydrogens (primary N) is 1. The number of nitrogens with zero attached hydrogens (tertiary/aromatic N) is 2. The van der Waals surface area contributed by atoms with E-state index in [2.05, 4.69) is 15.7 Å². The van der Waals surface area contributed by atoms with Crippen molar-refractivity contribution < 1.29 is 22.0 Å². The number of urea groups is 1. The third-order valence-corrected chi connectivity index (χ3v) is 3.99. The highest BCUT2D eigenvalue weighted by Crippen LogP contribution is 2.25. The maximum Gasteiger partial charge on any atom is 0.319 e. The van der Waals surface area contributed by atoms with Crippen LogP contribution in [0.4, 0.5) is 19.3 Å². The summed E-state index contributed by atoms with van der Waals surface area (Å²) >= 11 is 0. The molecule has 0 bridgehead atoms. The van der Waals surface area contributed by atoms with Gasteiger partial charge in [-0.05, 0) is 11.1 Å². The second-order valence-electron chi connectivity index (χ2n) is 5.30. The number of carbonyl (C=O) groups excluding carboxylic acids is 1. The summed E-state index contributed by atoms with van der Waals surface area (Å²) in [5, 5.41) is 13.5. The molecule has 0 aliphatic heterocycles. The van der Waals surface area contributed by atoms with Crippen LogP contribution in [0.3, 0.4) is 0 Å². The molecule has 0 atom stereocenters. The van der Waals surface area contributed by atoms with Crippen molar-refractivity contribution in [2.24, 2.45) is 12.2 Å². The summed E-state index contributed by atoms with van der Waals surface area (Å²) in [5.74, 6) is -0.319. The van der Waals surface area contributed by atoms with Crippen molar-refractivity contribution in [1.82, 2.24) is 15.1 Å². The Balaban J connectivity index is 1.98. The summed E-state index contributed by atoms with van der Waals surface area (Å²) in [6, 6.07) is 5.80. The molecule has 1 aromatic carbocycles. The van der Waals surface area contributed by atoms with Gasteiger partial charge >= 0.3 is 6.03 Å². The fraction of sp³-hybridized carbons (Fsp3) is 0.286. The van der Waals surface area contributed by atoms with Gasteiger partial charge in [-0.2, -0.15) is 5.10 Å². The molecule has 0 fully saturated rings. The van der Waals surface area contributed by atoms with E-state index in [1.54, 1.807) is 24.3 Å². The fourth-order valence-corrected chi connectivity index (χ4v) is 2.86. The largest absolute Gasteiger partial charge is 0.334 e. The number of sulfonamides is 1. The first-order valence-electron chi connectivity index (χ1n) is 7.09. The monoisotopic (exact) mass is 373 g/mol. The Morgan fingerprint density at radius 2 is 2.04 bits per heavy atom. The number of amides is 2. The van der Waals surface area contributed by atoms with Crippen LogP contribution < -0.4 is 15.8 Å². The Labute approximate surface area is 143 Å². The quantitative estimate of drug-likeness (QED) is 0.710. The highest BCUT2D eigenvalue weighted by molar-refractivity contribution is 7.88. The minimum atomic E-state index is -3.66. The van der Waals surface area contributed by atoms with Crippen LogP contribution in [0.2, 0.25) is 0 Å². The van der Waals surface area contributed by atoms with Gasteiger partial charge in [0.15, 0.2) is 0 Å². The number of carbonyl (C=O) groups is 1. The van der Waals surface area contributed by atoms with Crippen LogP contribution in [-0.4, -0.2) is 24.2 Å². The summed E-state index contributed by atoms with van der Waals surface area (Å²) in [7, 11) is -2.31. The number of halogens is 2. The van der Waals surface area contributed by atoms with E-state index in [1.165, 1.54) is 7.05 Å². The van der Waals surface area contributed by atoms with Gasteiger partial charge in [0.25, 0.3) is 6.43 Å². The molecule has 0 saturated heterocycles. The molecule has 1 aromatic heterocycles. The Morgan fingerprint density at radius 3 is 2.68 bits per heavy atom. The molecular weight excluding hydrogens is 356 g/mol. The van der Waals surface area contributed by atoms with Gasteiger partial charge in [-0.3, -0.25) is 4.68 Å². The number of nitrogens with one attached hydrogen (secondary N) is 2. The van der Waals surface area contributed by atoms with Crippen molar-refractivity contribution in [2.75, 3.05) is 5.32 Å². The predicted molar refractivity (Wildman–Crippen MR) is 87.3 cm³/mol. The molecule has 0 spiro atoms. The van der Waals surface area contributed by atoms with E-state index in [1.807, 2.05) is 0 Å². The van der Waals surface area contributed by atoms with E-state index < -0.39 is 28.2 Å². The van der Waals surface area contributed by atoms with Crippen molar-refractivity contribution in [3.63, 3.8) is 0 Å². The van der Waals surface area contributed by atoms with Crippen LogP contribution in [0.25, 0.3) is 0 Å². The highest BCUT2D eigenvalue weighted by Gasteiger charge is 2.19. The number of aryl methyl sites for hydroxylation is 1. The Morgan fingerprint density at radius 1 is 1.36 bits per heavy atom. The molecule has 2 amide bonds. The first-order chi connectivity index (χ1) is 11.7. The third-order valence-electron chi connectivity index (χ3n) is 3.25. The molecule has 25 heavy (non-hydrogen) atoms. The standard InChI is InChI=1S/C14H17F2N5O3S/c1-21-12(13(15)16)11(7-19-21)20-14(22)18-6-9-3-2-4-10(5-9)8-25(17,23)24/h2-5,7,13H,6,8H2,1H3,(H2,17,23,24)(H2,18,20,22). The molecule has 0 aliphatic rings. The first kappa shape index (κ1) is 18.8. The second-order valence-corrected chi connectivity index (χ2v) is 6.92. The van der Waals surface area contributed by atoms with Crippen molar-refractivity contribution in [2.45, 2.75) is 18.7 Å². The molecule has 2 rings (SSSR count). The van der Waals surface area contributed by atoms with Crippen LogP contribution in [0, 0.1) is 0 Å². The van der Waals surface area contributed by atoms with Crippen LogP contribution in [0.1, 0.15) is 23.2 Å². The normalized spacial score (nSPS) is 11.6. The maximum atomic E-state index is 12.9. The van der Waals surface area contributed by atoms with Crippen molar-refractivity contribution in [1.29, 1.82) is 0 Å². The van der Waals surface area contributed by atoms with Crippen LogP contribution in [-0.2, 0) is 29.4 Å². The number of alkyl halides is 2. The van der Waals surface area contributed by atoms with Crippen LogP contribution >= 0.6 is 0 Å². The predicted octanol–water partition coefficient (Wildman–Crippen LogP) is 1.47. The maximum absolute atomic E-state index is 12.9. The molecule has 8 nitrogen and oxygen atoms in total. The number of hydrogen-bond acceptors (Lipinski definition) is 4. The minimum absolute atomic E-state index is 0.0779. The highest BCUT2D eigenvalue weighted by atomic mass is 32.2. The lowest BCUT2D eigenvalue weighted by Gasteiger charge is -2.09. The lowest BCUT2D eigenvalue weighted by Crippen LogP contribution is -2.28. The molecule has 2 aromatic rings. The number of anilines is 1. The van der Waals surface area contributed by atoms with Crippen LogP contribution in [0.5, 0.6) is 0 Å². The summed E-state index contributed by atoms with van der Waals surface area (Å²) in [5.41, 5.74) is 0.634. The number of benzene rings is 1. The van der Waals surface area contributed by atoms with E-state index in [-0.39, 0.29) is 18.0 Å². The molecule has 11 heteroatoms. The number of aromatic nitrogens is 2. The third kappa shape index (κ3) is 5.50. The summed E-state index contributed by atoms with van der Waals surface area (Å²) < 4.78 is 49.0. The summed E-state index contributed by atoms with van der Waals surface area (Å²) in [6.07, 6.45) is -1.65. The average Bonchev–Trinajstić information content (AvgIpc) is 2.84. The number of rotatable bonds is 6. The van der Waals surface area contributed by atoms with Gasteiger partial charge in [-0.1, -0.05) is 24.3 Å². The molecule has 0 aliphatic carbocycles. The Hall–Kier alpha value is -2.53. The van der Waals surface area contributed by atoms with E-state index in [0.29, 0.717) is 11.1 Å². The SMILES string of the molecule is Cn1ncc(NC(=O)NCc2cccc(CS(N)(=O)=O)c2)c1C(F)F. The zero-order chi connectivity index (χ0) is 18.6. The number of primary sulfonamides is 1. The van der Waals surface area contributed by atoms with Gasteiger partial charge in [-0.15, -0.1) is 0 Å². The molecule has 0 radical (unpaired) electrons. The lowest BCUT2D eigenvalue weighted by molar-refractivity contribution is 0.141. The molecule has 4 N–H and O–H groups in total. The van der Waals surface area contributed by atoms with Crippen LogP contribution in [0.15, 0.2) is 30.5 Å². The summed E-state index contributed by atoms with van der Waals surface area (Å²) in [6.45, 7) is 0.0779. The topological polar surface area (TPSA) is 119 Å². The second kappa shape index (κ2) is 7.57. The van der Waals surface area contributed by atoms with E-state index in [0.717, 1.165) is 10.9 Å². The Bertz CT molecular complexity index is 867. The van der Waals surface area contributed by atoms with Gasteiger partial charge in [0.05, 0.1) is 17.6 Å². The molecule has 0 unspecified atom stereocenters. The van der Waals surface area contributed by atoms with E-state index in [9.17, 15) is 22.0 Å². The Kier molecular flexibility index (Phi) is 5.69. The molecular formula is C14H17F2N5O3S. The van der Waals surface area contributed by atoms with E-state index >= 15 is 0 Å². The van der Waals surface area contributed by atoms with Gasteiger partial charge in [0, 0.05) is 13.6 Å². The smallest absolute Gasteiger partial charge is 0.319 e.